The Labute approximate surface area is 264 Å². The number of carbonyl (C=O) groups is 4. The van der Waals surface area contributed by atoms with Gasteiger partial charge in [-0.3, -0.25) is 9.59 Å². The van der Waals surface area contributed by atoms with Gasteiger partial charge < -0.3 is 36.8 Å². The summed E-state index contributed by atoms with van der Waals surface area (Å²) in [6, 6.07) is 13.4. The molecule has 0 spiro atoms. The van der Waals surface area contributed by atoms with E-state index in [4.69, 9.17) is 10.5 Å². The number of aliphatic hydroxyl groups is 1. The van der Waals surface area contributed by atoms with Crippen molar-refractivity contribution in [3.05, 3.63) is 95.7 Å². The maximum atomic E-state index is 13.4. The minimum atomic E-state index is -0.980. The lowest BCUT2D eigenvalue weighted by Crippen LogP contribution is -2.55. The van der Waals surface area contributed by atoms with Gasteiger partial charge in [0.25, 0.3) is 0 Å². The highest BCUT2D eigenvalue weighted by atomic mass is 16.5. The van der Waals surface area contributed by atoms with Crippen LogP contribution < -0.4 is 27.0 Å². The molecule has 0 fully saturated rings. The Morgan fingerprint density at radius 1 is 0.978 bits per heavy atom. The van der Waals surface area contributed by atoms with Gasteiger partial charge in [0.15, 0.2) is 0 Å². The fourth-order valence-corrected chi connectivity index (χ4v) is 5.13. The molecule has 0 saturated carbocycles. The summed E-state index contributed by atoms with van der Waals surface area (Å²) in [6.45, 7) is 5.51. The van der Waals surface area contributed by atoms with Crippen LogP contribution in [0.25, 0.3) is 11.1 Å². The number of primary amides is 1. The molecule has 2 aromatic carbocycles. The van der Waals surface area contributed by atoms with E-state index in [1.54, 1.807) is 38.2 Å². The summed E-state index contributed by atoms with van der Waals surface area (Å²) >= 11 is 0. The van der Waals surface area contributed by atoms with E-state index < -0.39 is 36.0 Å². The molecule has 1 aliphatic rings. The van der Waals surface area contributed by atoms with Gasteiger partial charge in [0.1, 0.15) is 18.7 Å². The Kier molecular flexibility index (Phi) is 13.4. The van der Waals surface area contributed by atoms with Crippen molar-refractivity contribution in [2.24, 2.45) is 11.7 Å². The van der Waals surface area contributed by atoms with E-state index in [0.29, 0.717) is 12.0 Å². The van der Waals surface area contributed by atoms with Crippen LogP contribution in [0.2, 0.25) is 0 Å². The number of benzene rings is 2. The van der Waals surface area contributed by atoms with Crippen LogP contribution in [0.15, 0.2) is 84.6 Å². The van der Waals surface area contributed by atoms with Crippen LogP contribution in [0.3, 0.4) is 0 Å². The number of allylic oxidation sites excluding steroid dienone is 3. The molecular weight excluding hydrogens is 574 g/mol. The number of aliphatic hydroxyl groups excluding tert-OH is 1. The standard InChI is InChI=1S/C34H43N5O6/c1-4-11-23(20-40)12-9-18-36-31(41)29(17-10-19-37-33(35)43)38-32(42)30(22(2)3)39-34(44)45-21-28-26-15-7-5-13-24(26)25-14-6-8-16-27(25)28/h4-9,11-16,18,22,28-30,40H,10,17,19-21H2,1-3H3,(H,36,41)(H,38,42)(H,39,44)(H3,35,37,43)/b11-4-,18-9+,23-12+/t29-,30-/m0/s1. The molecule has 2 aromatic rings. The first-order chi connectivity index (χ1) is 21.7. The van der Waals surface area contributed by atoms with Crippen LogP contribution in [0, 0.1) is 5.92 Å². The Bertz CT molecular complexity index is 1390. The lowest BCUT2D eigenvalue weighted by molar-refractivity contribution is -0.130. The number of alkyl carbamates (subject to hydrolysis) is 1. The maximum absolute atomic E-state index is 13.4. The topological polar surface area (TPSA) is 172 Å². The van der Waals surface area contributed by atoms with E-state index in [2.05, 4.69) is 21.3 Å². The van der Waals surface area contributed by atoms with Gasteiger partial charge in [0.2, 0.25) is 11.8 Å². The van der Waals surface area contributed by atoms with Gasteiger partial charge in [0, 0.05) is 18.7 Å². The second-order valence-electron chi connectivity index (χ2n) is 11.0. The van der Waals surface area contributed by atoms with Crippen molar-refractivity contribution in [3.8, 4) is 11.1 Å². The Balaban J connectivity index is 1.64. The van der Waals surface area contributed by atoms with Crippen molar-refractivity contribution < 1.29 is 29.0 Å². The van der Waals surface area contributed by atoms with Gasteiger partial charge in [-0.05, 0) is 59.6 Å². The predicted molar refractivity (Wildman–Crippen MR) is 173 cm³/mol. The summed E-state index contributed by atoms with van der Waals surface area (Å²) < 4.78 is 5.64. The van der Waals surface area contributed by atoms with Crippen molar-refractivity contribution in [2.75, 3.05) is 19.8 Å². The van der Waals surface area contributed by atoms with Crippen LogP contribution in [-0.2, 0) is 14.3 Å². The van der Waals surface area contributed by atoms with Crippen molar-refractivity contribution in [3.63, 3.8) is 0 Å². The monoisotopic (exact) mass is 617 g/mol. The number of nitrogens with one attached hydrogen (secondary N) is 4. The molecule has 0 heterocycles. The molecule has 0 radical (unpaired) electrons. The summed E-state index contributed by atoms with van der Waals surface area (Å²) in [6.07, 6.45) is 7.91. The smallest absolute Gasteiger partial charge is 0.407 e. The third kappa shape index (κ3) is 10.1. The Morgan fingerprint density at radius 3 is 2.20 bits per heavy atom. The average molecular weight is 618 g/mol. The highest BCUT2D eigenvalue weighted by molar-refractivity contribution is 5.91. The van der Waals surface area contributed by atoms with Gasteiger partial charge in [0.05, 0.1) is 6.61 Å². The van der Waals surface area contributed by atoms with Gasteiger partial charge in [-0.1, -0.05) is 80.6 Å². The molecule has 11 nitrogen and oxygen atoms in total. The van der Waals surface area contributed by atoms with Crippen molar-refractivity contribution in [1.29, 1.82) is 0 Å². The second kappa shape index (κ2) is 17.4. The minimum Gasteiger partial charge on any atom is -0.449 e. The normalized spacial score (nSPS) is 14.1. The minimum absolute atomic E-state index is 0.0943. The number of carbonyl (C=O) groups excluding carboxylic acids is 4. The number of urea groups is 1. The number of nitrogens with two attached hydrogens (primary N) is 1. The number of amides is 5. The lowest BCUT2D eigenvalue weighted by Gasteiger charge is -2.25. The third-order valence-corrected chi connectivity index (χ3v) is 7.36. The predicted octanol–water partition coefficient (Wildman–Crippen LogP) is 3.61. The zero-order valence-electron chi connectivity index (χ0n) is 25.9. The summed E-state index contributed by atoms with van der Waals surface area (Å²) in [5, 5.41) is 19.9. The van der Waals surface area contributed by atoms with E-state index >= 15 is 0 Å². The number of fused-ring (bicyclic) bond motifs is 3. The molecule has 45 heavy (non-hydrogen) atoms. The quantitative estimate of drug-likeness (QED) is 0.132. The van der Waals surface area contributed by atoms with E-state index in [1.807, 2.05) is 55.5 Å². The number of rotatable bonds is 15. The van der Waals surface area contributed by atoms with Gasteiger partial charge >= 0.3 is 12.1 Å². The molecule has 5 amide bonds. The zero-order valence-corrected chi connectivity index (χ0v) is 25.9. The molecule has 11 heteroatoms. The number of hydrogen-bond donors (Lipinski definition) is 6. The zero-order chi connectivity index (χ0) is 32.8. The molecule has 0 aromatic heterocycles. The van der Waals surface area contributed by atoms with E-state index in [0.717, 1.165) is 22.3 Å². The average Bonchev–Trinajstić information content (AvgIpc) is 3.34. The van der Waals surface area contributed by atoms with E-state index in [1.165, 1.54) is 6.20 Å². The molecule has 3 rings (SSSR count). The first kappa shape index (κ1) is 34.6. The molecule has 0 unspecified atom stereocenters. The first-order valence-corrected chi connectivity index (χ1v) is 15.0. The fraction of sp³-hybridized carbons (Fsp3) is 0.353. The lowest BCUT2D eigenvalue weighted by atomic mass is 9.98. The van der Waals surface area contributed by atoms with Crippen LogP contribution in [0.5, 0.6) is 0 Å². The Morgan fingerprint density at radius 2 is 1.62 bits per heavy atom. The van der Waals surface area contributed by atoms with Gasteiger partial charge in [-0.15, -0.1) is 0 Å². The summed E-state index contributed by atoms with van der Waals surface area (Å²) in [5.41, 5.74) is 10.1. The molecule has 2 atom stereocenters. The highest BCUT2D eigenvalue weighted by Crippen LogP contribution is 2.44. The SMILES string of the molecule is C\C=C/C(=C\C=C\NC(=O)[C@H](CCCNC(N)=O)NC(=O)[C@@H](NC(=O)OCC1c2ccccc2-c2ccccc21)C(C)C)CO. The summed E-state index contributed by atoms with van der Waals surface area (Å²) in [7, 11) is 0. The molecule has 7 N–H and O–H groups in total. The van der Waals surface area contributed by atoms with E-state index in [9.17, 15) is 24.3 Å². The molecule has 0 aliphatic heterocycles. The van der Waals surface area contributed by atoms with Crippen LogP contribution in [0.1, 0.15) is 50.7 Å². The second-order valence-corrected chi connectivity index (χ2v) is 11.0. The van der Waals surface area contributed by atoms with Gasteiger partial charge in [-0.25, -0.2) is 9.59 Å². The van der Waals surface area contributed by atoms with Crippen LogP contribution in [0.4, 0.5) is 9.59 Å². The van der Waals surface area contributed by atoms with Crippen molar-refractivity contribution >= 4 is 23.9 Å². The molecule has 240 valence electrons. The van der Waals surface area contributed by atoms with Crippen LogP contribution >= 0.6 is 0 Å². The van der Waals surface area contributed by atoms with Gasteiger partial charge in [-0.2, -0.15) is 0 Å². The molecule has 1 aliphatic carbocycles. The fourth-order valence-electron chi connectivity index (χ4n) is 5.13. The maximum Gasteiger partial charge on any atom is 0.407 e. The Hall–Kier alpha value is -4.90. The third-order valence-electron chi connectivity index (χ3n) is 7.36. The number of hydrogen-bond acceptors (Lipinski definition) is 6. The molecular formula is C34H43N5O6. The number of ether oxygens (including phenoxy) is 1. The molecule has 0 saturated heterocycles. The van der Waals surface area contributed by atoms with E-state index in [-0.39, 0.29) is 38.0 Å². The largest absolute Gasteiger partial charge is 0.449 e. The van der Waals surface area contributed by atoms with Crippen molar-refractivity contribution in [2.45, 2.75) is 51.6 Å². The summed E-state index contributed by atoms with van der Waals surface area (Å²) in [5.74, 6) is -1.50. The van der Waals surface area contributed by atoms with Crippen molar-refractivity contribution in [1.82, 2.24) is 21.3 Å². The summed E-state index contributed by atoms with van der Waals surface area (Å²) in [4.78, 5) is 50.4. The highest BCUT2D eigenvalue weighted by Gasteiger charge is 2.31. The van der Waals surface area contributed by atoms with Crippen LogP contribution in [-0.4, -0.2) is 60.9 Å². The molecule has 0 bridgehead atoms. The first-order valence-electron chi connectivity index (χ1n) is 15.0.